The number of nitrogens with zero attached hydrogens (tertiary/aromatic N) is 1. The van der Waals surface area contributed by atoms with Gasteiger partial charge in [-0.25, -0.2) is 4.79 Å². The molecule has 3 aromatic rings. The minimum atomic E-state index is -0.440. The smallest absolute Gasteiger partial charge is 0.343 e. The number of hydrogen-bond acceptors (Lipinski definition) is 5. The number of esters is 1. The molecule has 158 valence electrons. The van der Waals surface area contributed by atoms with Crippen molar-refractivity contribution >= 4 is 34.9 Å². The van der Waals surface area contributed by atoms with Crippen LogP contribution in [0.15, 0.2) is 65.8 Å². The third kappa shape index (κ3) is 4.53. The standard InChI is InChI=1S/C24H19Cl2NO4/c1-14-5-3-4-6-17(14)24(28)30-21-10-7-15(11-23(21)29-2)22-13-20(27-31-22)18-9-8-16(25)12-19(18)26/h3-12,22H,13H2,1-2H3. The van der Waals surface area contributed by atoms with Crippen LogP contribution >= 0.6 is 23.2 Å². The highest BCUT2D eigenvalue weighted by Crippen LogP contribution is 2.37. The zero-order valence-electron chi connectivity index (χ0n) is 16.9. The number of benzene rings is 3. The highest BCUT2D eigenvalue weighted by Gasteiger charge is 2.26. The second kappa shape index (κ2) is 9.00. The summed E-state index contributed by atoms with van der Waals surface area (Å²) in [4.78, 5) is 18.2. The lowest BCUT2D eigenvalue weighted by atomic mass is 10.00. The van der Waals surface area contributed by atoms with Crippen molar-refractivity contribution in [3.05, 3.63) is 93.0 Å². The van der Waals surface area contributed by atoms with Crippen LogP contribution in [0.1, 0.15) is 39.6 Å². The first kappa shape index (κ1) is 21.2. The Bertz CT molecular complexity index is 1180. The fourth-order valence-electron chi connectivity index (χ4n) is 3.36. The maximum absolute atomic E-state index is 12.6. The Morgan fingerprint density at radius 2 is 1.87 bits per heavy atom. The number of ether oxygens (including phenoxy) is 2. The van der Waals surface area contributed by atoms with Gasteiger partial charge in [-0.3, -0.25) is 0 Å². The fraction of sp³-hybridized carbons (Fsp3) is 0.167. The van der Waals surface area contributed by atoms with E-state index >= 15 is 0 Å². The second-order valence-corrected chi connectivity index (χ2v) is 7.92. The van der Waals surface area contributed by atoms with Gasteiger partial charge in [0.15, 0.2) is 17.6 Å². The van der Waals surface area contributed by atoms with E-state index in [1.807, 2.05) is 31.2 Å². The molecule has 1 aliphatic rings. The van der Waals surface area contributed by atoms with E-state index in [9.17, 15) is 4.79 Å². The van der Waals surface area contributed by atoms with Crippen LogP contribution < -0.4 is 9.47 Å². The maximum atomic E-state index is 12.6. The largest absolute Gasteiger partial charge is 0.493 e. The molecule has 0 bridgehead atoms. The SMILES string of the molecule is COc1cc(C2CC(c3ccc(Cl)cc3Cl)=NO2)ccc1OC(=O)c1ccccc1C. The van der Waals surface area contributed by atoms with E-state index in [1.165, 1.54) is 7.11 Å². The highest BCUT2D eigenvalue weighted by molar-refractivity contribution is 6.37. The Morgan fingerprint density at radius 1 is 1.06 bits per heavy atom. The molecule has 1 heterocycles. The molecule has 0 spiro atoms. The highest BCUT2D eigenvalue weighted by atomic mass is 35.5. The zero-order valence-corrected chi connectivity index (χ0v) is 18.4. The first-order valence-electron chi connectivity index (χ1n) is 9.60. The average Bonchev–Trinajstić information content (AvgIpc) is 3.24. The van der Waals surface area contributed by atoms with Gasteiger partial charge in [0.1, 0.15) is 0 Å². The molecule has 0 aromatic heterocycles. The number of rotatable bonds is 5. The topological polar surface area (TPSA) is 57.1 Å². The molecule has 0 aliphatic carbocycles. The van der Waals surface area contributed by atoms with Crippen molar-refractivity contribution in [2.75, 3.05) is 7.11 Å². The zero-order chi connectivity index (χ0) is 22.0. The molecule has 0 fully saturated rings. The van der Waals surface area contributed by atoms with Gasteiger partial charge >= 0.3 is 5.97 Å². The van der Waals surface area contributed by atoms with Gasteiger partial charge < -0.3 is 14.3 Å². The van der Waals surface area contributed by atoms with Gasteiger partial charge in [-0.1, -0.05) is 58.7 Å². The predicted octanol–water partition coefficient (Wildman–Crippen LogP) is 6.40. The molecule has 3 aromatic carbocycles. The third-order valence-electron chi connectivity index (χ3n) is 5.04. The van der Waals surface area contributed by atoms with E-state index in [0.717, 1.165) is 22.4 Å². The first-order chi connectivity index (χ1) is 15.0. The van der Waals surface area contributed by atoms with Crippen molar-refractivity contribution in [1.29, 1.82) is 0 Å². The number of aryl methyl sites for hydroxylation is 1. The van der Waals surface area contributed by atoms with Crippen LogP contribution in [0, 0.1) is 6.92 Å². The van der Waals surface area contributed by atoms with E-state index in [4.69, 9.17) is 37.5 Å². The Labute approximate surface area is 190 Å². The summed E-state index contributed by atoms with van der Waals surface area (Å²) in [7, 11) is 1.52. The summed E-state index contributed by atoms with van der Waals surface area (Å²) in [6.45, 7) is 1.86. The van der Waals surface area contributed by atoms with Crippen LogP contribution in [-0.2, 0) is 4.84 Å². The molecule has 1 aliphatic heterocycles. The number of halogens is 2. The fourth-order valence-corrected chi connectivity index (χ4v) is 3.88. The molecular formula is C24H19Cl2NO4. The van der Waals surface area contributed by atoms with Crippen molar-refractivity contribution in [1.82, 2.24) is 0 Å². The van der Waals surface area contributed by atoms with Crippen LogP contribution in [0.5, 0.6) is 11.5 Å². The summed E-state index contributed by atoms with van der Waals surface area (Å²) in [6, 6.07) is 17.8. The van der Waals surface area contributed by atoms with Crippen molar-refractivity contribution in [2.24, 2.45) is 5.16 Å². The Hall–Kier alpha value is -3.02. The summed E-state index contributed by atoms with van der Waals surface area (Å²) in [6.07, 6.45) is 0.226. The molecule has 5 nitrogen and oxygen atoms in total. The summed E-state index contributed by atoms with van der Waals surface area (Å²) < 4.78 is 11.0. The lowest BCUT2D eigenvalue weighted by Crippen LogP contribution is -2.11. The first-order valence-corrected chi connectivity index (χ1v) is 10.4. The summed E-state index contributed by atoms with van der Waals surface area (Å²) >= 11 is 12.3. The van der Waals surface area contributed by atoms with E-state index in [0.29, 0.717) is 33.5 Å². The van der Waals surface area contributed by atoms with E-state index in [2.05, 4.69) is 5.16 Å². The van der Waals surface area contributed by atoms with Gasteiger partial charge in [-0.2, -0.15) is 0 Å². The molecule has 1 unspecified atom stereocenters. The van der Waals surface area contributed by atoms with Crippen molar-refractivity contribution in [3.63, 3.8) is 0 Å². The number of hydrogen-bond donors (Lipinski definition) is 0. The molecule has 0 saturated heterocycles. The molecule has 0 N–H and O–H groups in total. The molecule has 1 atom stereocenters. The summed E-state index contributed by atoms with van der Waals surface area (Å²) in [5.74, 6) is 0.324. The van der Waals surface area contributed by atoms with E-state index < -0.39 is 5.97 Å². The molecule has 0 saturated carbocycles. The summed E-state index contributed by atoms with van der Waals surface area (Å²) in [5, 5.41) is 5.27. The van der Waals surface area contributed by atoms with E-state index in [1.54, 1.807) is 36.4 Å². The lowest BCUT2D eigenvalue weighted by molar-refractivity contribution is 0.0728. The number of carbonyl (C=O) groups is 1. The maximum Gasteiger partial charge on any atom is 0.343 e. The van der Waals surface area contributed by atoms with Crippen molar-refractivity contribution in [3.8, 4) is 11.5 Å². The molecule has 4 rings (SSSR count). The quantitative estimate of drug-likeness (QED) is 0.330. The van der Waals surface area contributed by atoms with Gasteiger partial charge in [0.2, 0.25) is 0 Å². The van der Waals surface area contributed by atoms with Gasteiger partial charge in [0.25, 0.3) is 0 Å². The van der Waals surface area contributed by atoms with Gasteiger partial charge in [-0.05, 0) is 48.4 Å². The molecular weight excluding hydrogens is 437 g/mol. The Morgan fingerprint density at radius 3 is 2.61 bits per heavy atom. The average molecular weight is 456 g/mol. The van der Waals surface area contributed by atoms with Gasteiger partial charge in [0.05, 0.1) is 23.4 Å². The van der Waals surface area contributed by atoms with Crippen LogP contribution in [0.2, 0.25) is 10.0 Å². The molecule has 0 radical (unpaired) electrons. The van der Waals surface area contributed by atoms with Crippen LogP contribution in [0.3, 0.4) is 0 Å². The van der Waals surface area contributed by atoms with Crippen molar-refractivity contribution in [2.45, 2.75) is 19.4 Å². The van der Waals surface area contributed by atoms with Crippen LogP contribution in [0.25, 0.3) is 0 Å². The lowest BCUT2D eigenvalue weighted by Gasteiger charge is -2.14. The minimum absolute atomic E-state index is 0.309. The number of oxime groups is 1. The monoisotopic (exact) mass is 455 g/mol. The van der Waals surface area contributed by atoms with Gasteiger partial charge in [0, 0.05) is 17.0 Å². The normalized spacial score (nSPS) is 15.2. The third-order valence-corrected chi connectivity index (χ3v) is 5.59. The molecule has 0 amide bonds. The predicted molar refractivity (Wildman–Crippen MR) is 121 cm³/mol. The van der Waals surface area contributed by atoms with Gasteiger partial charge in [-0.15, -0.1) is 0 Å². The van der Waals surface area contributed by atoms with Crippen LogP contribution in [-0.4, -0.2) is 18.8 Å². The van der Waals surface area contributed by atoms with E-state index in [-0.39, 0.29) is 6.10 Å². The summed E-state index contributed by atoms with van der Waals surface area (Å²) in [5.41, 5.74) is 3.71. The number of methoxy groups -OCH3 is 1. The molecule has 7 heteroatoms. The second-order valence-electron chi connectivity index (χ2n) is 7.08. The van der Waals surface area contributed by atoms with Crippen molar-refractivity contribution < 1.29 is 19.1 Å². The Kier molecular flexibility index (Phi) is 6.16. The Balaban J connectivity index is 1.51. The van der Waals surface area contributed by atoms with Crippen LogP contribution in [0.4, 0.5) is 0 Å². The number of carbonyl (C=O) groups excluding carboxylic acids is 1. The minimum Gasteiger partial charge on any atom is -0.493 e. The molecule has 31 heavy (non-hydrogen) atoms.